The first-order valence-corrected chi connectivity index (χ1v) is 6.51. The fraction of sp³-hybridized carbons (Fsp3) is 0.533. The molecule has 1 saturated carbocycles. The number of hydrogen-bond acceptors (Lipinski definition) is 2. The molecule has 0 N–H and O–H groups in total. The van der Waals surface area contributed by atoms with E-state index in [1.807, 2.05) is 30.3 Å². The summed E-state index contributed by atoms with van der Waals surface area (Å²) in [5, 5.41) is 0. The first-order chi connectivity index (χ1) is 8.40. The first-order valence-electron chi connectivity index (χ1n) is 6.51. The van der Waals surface area contributed by atoms with Gasteiger partial charge >= 0.3 is 0 Å². The average Bonchev–Trinajstić information content (AvgIpc) is 2.42. The molecule has 1 aromatic carbocycles. The number of ether oxygens (including phenoxy) is 1. The molecular formula is C15H20O2. The third-order valence-corrected chi connectivity index (χ3v) is 3.53. The van der Waals surface area contributed by atoms with Gasteiger partial charge in [0.25, 0.3) is 0 Å². The van der Waals surface area contributed by atoms with Crippen LogP contribution in [-0.2, 0) is 16.1 Å². The van der Waals surface area contributed by atoms with Crippen molar-refractivity contribution >= 4 is 6.29 Å². The third kappa shape index (κ3) is 3.67. The van der Waals surface area contributed by atoms with Crippen molar-refractivity contribution in [3.63, 3.8) is 0 Å². The molecule has 0 aliphatic heterocycles. The highest BCUT2D eigenvalue weighted by Crippen LogP contribution is 2.27. The number of hydrogen-bond donors (Lipinski definition) is 0. The lowest BCUT2D eigenvalue weighted by Crippen LogP contribution is -2.27. The highest BCUT2D eigenvalue weighted by atomic mass is 16.5. The highest BCUT2D eigenvalue weighted by molar-refractivity contribution is 5.56. The summed E-state index contributed by atoms with van der Waals surface area (Å²) in [6.07, 6.45) is 6.83. The molecule has 0 spiro atoms. The molecule has 2 nitrogen and oxygen atoms in total. The van der Waals surface area contributed by atoms with Gasteiger partial charge in [0.15, 0.2) is 0 Å². The number of benzene rings is 1. The van der Waals surface area contributed by atoms with Crippen LogP contribution in [-0.4, -0.2) is 12.4 Å². The van der Waals surface area contributed by atoms with E-state index < -0.39 is 0 Å². The molecular weight excluding hydrogens is 212 g/mol. The highest BCUT2D eigenvalue weighted by Gasteiger charge is 2.23. The summed E-state index contributed by atoms with van der Waals surface area (Å²) in [7, 11) is 0. The van der Waals surface area contributed by atoms with Gasteiger partial charge in [0.2, 0.25) is 0 Å². The second-order valence-electron chi connectivity index (χ2n) is 4.80. The van der Waals surface area contributed by atoms with Crippen LogP contribution in [0.25, 0.3) is 0 Å². The van der Waals surface area contributed by atoms with E-state index in [0.29, 0.717) is 12.5 Å². The summed E-state index contributed by atoms with van der Waals surface area (Å²) >= 11 is 0. The van der Waals surface area contributed by atoms with Gasteiger partial charge in [0.05, 0.1) is 6.61 Å². The van der Waals surface area contributed by atoms with E-state index in [1.54, 1.807) is 0 Å². The van der Waals surface area contributed by atoms with Crippen molar-refractivity contribution in [1.29, 1.82) is 0 Å². The molecule has 0 saturated heterocycles. The van der Waals surface area contributed by atoms with Gasteiger partial charge in [-0.05, 0) is 24.3 Å². The van der Waals surface area contributed by atoms with Crippen LogP contribution in [0.15, 0.2) is 30.3 Å². The minimum atomic E-state index is -0.212. The van der Waals surface area contributed by atoms with Gasteiger partial charge in [0, 0.05) is 0 Å². The summed E-state index contributed by atoms with van der Waals surface area (Å²) in [4.78, 5) is 11.1. The topological polar surface area (TPSA) is 26.3 Å². The molecule has 0 aromatic heterocycles. The van der Waals surface area contributed by atoms with Crippen molar-refractivity contribution in [2.45, 2.75) is 44.8 Å². The lowest BCUT2D eigenvalue weighted by molar-refractivity contribution is -0.123. The first kappa shape index (κ1) is 12.3. The zero-order valence-corrected chi connectivity index (χ0v) is 10.2. The van der Waals surface area contributed by atoms with Crippen molar-refractivity contribution in [2.75, 3.05) is 0 Å². The second kappa shape index (κ2) is 6.55. The van der Waals surface area contributed by atoms with E-state index in [2.05, 4.69) is 0 Å². The van der Waals surface area contributed by atoms with Gasteiger partial charge in [-0.15, -0.1) is 0 Å². The molecule has 0 amide bonds. The van der Waals surface area contributed by atoms with Crippen molar-refractivity contribution in [3.8, 4) is 0 Å². The number of carbonyl (C=O) groups is 1. The van der Waals surface area contributed by atoms with Gasteiger partial charge in [0.1, 0.15) is 12.4 Å². The Hall–Kier alpha value is -1.15. The van der Waals surface area contributed by atoms with E-state index in [1.165, 1.54) is 19.3 Å². The molecule has 0 heterocycles. The van der Waals surface area contributed by atoms with E-state index in [0.717, 1.165) is 24.7 Å². The molecule has 17 heavy (non-hydrogen) atoms. The van der Waals surface area contributed by atoms with E-state index in [4.69, 9.17) is 4.74 Å². The lowest BCUT2D eigenvalue weighted by Gasteiger charge is -2.26. The van der Waals surface area contributed by atoms with Crippen molar-refractivity contribution in [3.05, 3.63) is 35.9 Å². The maximum absolute atomic E-state index is 11.1. The Bertz CT molecular complexity index is 328. The molecule has 2 rings (SSSR count). The molecule has 0 radical (unpaired) electrons. The molecule has 0 bridgehead atoms. The normalized spacial score (nSPS) is 18.8. The molecule has 92 valence electrons. The molecule has 1 atom stereocenters. The Balaban J connectivity index is 1.85. The molecule has 1 unspecified atom stereocenters. The van der Waals surface area contributed by atoms with Crippen LogP contribution in [0.2, 0.25) is 0 Å². The summed E-state index contributed by atoms with van der Waals surface area (Å²) in [5.74, 6) is 0.435. The predicted octanol–water partition coefficient (Wildman–Crippen LogP) is 3.35. The standard InChI is InChI=1S/C15H20O2/c16-11-15(14-9-5-2-6-10-14)17-12-13-7-3-1-4-8-13/h1,3-4,7-8,11,14-15H,2,5-6,9-10,12H2. The quantitative estimate of drug-likeness (QED) is 0.728. The summed E-state index contributed by atoms with van der Waals surface area (Å²) in [6, 6.07) is 10.0. The fourth-order valence-corrected chi connectivity index (χ4v) is 2.52. The monoisotopic (exact) mass is 232 g/mol. The lowest BCUT2D eigenvalue weighted by atomic mass is 9.85. The largest absolute Gasteiger partial charge is 0.366 e. The SMILES string of the molecule is O=CC(OCc1ccccc1)C1CCCCC1. The maximum atomic E-state index is 11.1. The van der Waals surface area contributed by atoms with Gasteiger partial charge in [-0.25, -0.2) is 0 Å². The van der Waals surface area contributed by atoms with Gasteiger partial charge in [-0.1, -0.05) is 49.6 Å². The third-order valence-electron chi connectivity index (χ3n) is 3.53. The van der Waals surface area contributed by atoms with Crippen LogP contribution in [0.3, 0.4) is 0 Å². The van der Waals surface area contributed by atoms with Crippen molar-refractivity contribution in [2.24, 2.45) is 5.92 Å². The number of aldehydes is 1. The zero-order chi connectivity index (χ0) is 11.9. The average molecular weight is 232 g/mol. The van der Waals surface area contributed by atoms with E-state index in [-0.39, 0.29) is 6.10 Å². The van der Waals surface area contributed by atoms with Gasteiger partial charge in [-0.2, -0.15) is 0 Å². The second-order valence-corrected chi connectivity index (χ2v) is 4.80. The summed E-state index contributed by atoms with van der Waals surface area (Å²) < 4.78 is 5.75. The summed E-state index contributed by atoms with van der Waals surface area (Å²) in [6.45, 7) is 0.542. The molecule has 2 heteroatoms. The predicted molar refractivity (Wildman–Crippen MR) is 67.7 cm³/mol. The van der Waals surface area contributed by atoms with Crippen LogP contribution >= 0.6 is 0 Å². The Kier molecular flexibility index (Phi) is 4.75. The molecule has 1 aliphatic rings. The fourth-order valence-electron chi connectivity index (χ4n) is 2.52. The van der Waals surface area contributed by atoms with Gasteiger partial charge < -0.3 is 9.53 Å². The minimum absolute atomic E-state index is 0.212. The van der Waals surface area contributed by atoms with E-state index in [9.17, 15) is 4.79 Å². The number of carbonyl (C=O) groups excluding carboxylic acids is 1. The molecule has 1 aliphatic carbocycles. The van der Waals surface area contributed by atoms with Crippen LogP contribution in [0.4, 0.5) is 0 Å². The smallest absolute Gasteiger partial charge is 0.149 e. The minimum Gasteiger partial charge on any atom is -0.366 e. The van der Waals surface area contributed by atoms with Crippen molar-refractivity contribution in [1.82, 2.24) is 0 Å². The van der Waals surface area contributed by atoms with Gasteiger partial charge in [-0.3, -0.25) is 0 Å². The Morgan fingerprint density at radius 1 is 1.18 bits per heavy atom. The molecule has 1 aromatic rings. The van der Waals surface area contributed by atoms with Crippen LogP contribution in [0.1, 0.15) is 37.7 Å². The summed E-state index contributed by atoms with van der Waals surface area (Å²) in [5.41, 5.74) is 1.13. The number of rotatable bonds is 5. The Morgan fingerprint density at radius 2 is 1.88 bits per heavy atom. The van der Waals surface area contributed by atoms with Crippen LogP contribution < -0.4 is 0 Å². The van der Waals surface area contributed by atoms with Crippen LogP contribution in [0, 0.1) is 5.92 Å². The Morgan fingerprint density at radius 3 is 2.53 bits per heavy atom. The maximum Gasteiger partial charge on any atom is 0.149 e. The zero-order valence-electron chi connectivity index (χ0n) is 10.2. The molecule has 1 fully saturated rings. The Labute approximate surface area is 103 Å². The van der Waals surface area contributed by atoms with E-state index >= 15 is 0 Å². The van der Waals surface area contributed by atoms with Crippen molar-refractivity contribution < 1.29 is 9.53 Å². The van der Waals surface area contributed by atoms with Crippen LogP contribution in [0.5, 0.6) is 0 Å².